The van der Waals surface area contributed by atoms with Gasteiger partial charge in [-0.1, -0.05) is 49.4 Å². The molecule has 1 aromatic heterocycles. The van der Waals surface area contributed by atoms with Crippen LogP contribution in [0.1, 0.15) is 29.3 Å². The first kappa shape index (κ1) is 20.5. The molecular formula is C22H23N3O3S. The fraction of sp³-hybridized carbons (Fsp3) is 0.182. The number of rotatable bonds is 7. The fourth-order valence-corrected chi connectivity index (χ4v) is 3.99. The van der Waals surface area contributed by atoms with E-state index in [4.69, 9.17) is 0 Å². The number of nitrogens with one attached hydrogen (secondary N) is 1. The van der Waals surface area contributed by atoms with E-state index in [-0.39, 0.29) is 5.75 Å². The Morgan fingerprint density at radius 2 is 1.76 bits per heavy atom. The van der Waals surface area contributed by atoms with Gasteiger partial charge in [0.25, 0.3) is 5.91 Å². The summed E-state index contributed by atoms with van der Waals surface area (Å²) in [5, 5.41) is 0. The van der Waals surface area contributed by atoms with E-state index in [1.807, 2.05) is 53.2 Å². The second-order valence-corrected chi connectivity index (χ2v) is 8.43. The zero-order valence-electron chi connectivity index (χ0n) is 16.2. The van der Waals surface area contributed by atoms with Gasteiger partial charge in [-0.25, -0.2) is 8.42 Å². The van der Waals surface area contributed by atoms with E-state index < -0.39 is 15.9 Å². The van der Waals surface area contributed by atoms with Crippen molar-refractivity contribution in [2.45, 2.75) is 19.9 Å². The lowest BCUT2D eigenvalue weighted by atomic mass is 10.2. The van der Waals surface area contributed by atoms with Gasteiger partial charge < -0.3 is 4.57 Å². The number of hydrogen-bond acceptors (Lipinski definition) is 3. The maximum absolute atomic E-state index is 12.7. The Kier molecular flexibility index (Phi) is 6.61. The first-order valence-corrected chi connectivity index (χ1v) is 11.0. The van der Waals surface area contributed by atoms with Gasteiger partial charge in [0.05, 0.1) is 5.75 Å². The number of sulfonamides is 1. The van der Waals surface area contributed by atoms with Crippen LogP contribution in [0.5, 0.6) is 0 Å². The largest absolute Gasteiger partial charge is 0.328 e. The van der Waals surface area contributed by atoms with Crippen LogP contribution >= 0.6 is 0 Å². The molecule has 2 aromatic carbocycles. The van der Waals surface area contributed by atoms with Gasteiger partial charge in [0.1, 0.15) is 5.49 Å². The highest BCUT2D eigenvalue weighted by Gasteiger charge is 2.11. The number of nitrogens with zero attached hydrogens (tertiary/aromatic N) is 2. The van der Waals surface area contributed by atoms with Crippen molar-refractivity contribution < 1.29 is 13.2 Å². The van der Waals surface area contributed by atoms with Crippen molar-refractivity contribution in [1.29, 1.82) is 0 Å². The molecule has 0 saturated heterocycles. The van der Waals surface area contributed by atoms with Crippen LogP contribution in [0.2, 0.25) is 0 Å². The molecule has 0 aliphatic carbocycles. The van der Waals surface area contributed by atoms with E-state index in [1.54, 1.807) is 31.2 Å². The van der Waals surface area contributed by atoms with Crippen LogP contribution in [-0.4, -0.2) is 24.6 Å². The van der Waals surface area contributed by atoms with E-state index in [0.717, 1.165) is 5.56 Å². The van der Waals surface area contributed by atoms with Crippen molar-refractivity contribution in [2.24, 2.45) is 4.99 Å². The minimum absolute atomic E-state index is 0.0268. The SMILES string of the molecule is CCCS(=O)(=O)Nc1cccc(C(=O)N=c2ccccn2Cc2ccccc2)c1. The molecule has 3 rings (SSSR count). The first-order chi connectivity index (χ1) is 14.0. The van der Waals surface area contributed by atoms with Gasteiger partial charge >= 0.3 is 0 Å². The second-order valence-electron chi connectivity index (χ2n) is 6.59. The van der Waals surface area contributed by atoms with E-state index in [0.29, 0.717) is 29.7 Å². The number of anilines is 1. The van der Waals surface area contributed by atoms with Crippen LogP contribution in [-0.2, 0) is 16.6 Å². The Balaban J connectivity index is 1.87. The molecule has 1 heterocycles. The van der Waals surface area contributed by atoms with Gasteiger partial charge in [0.15, 0.2) is 0 Å². The molecule has 0 bridgehead atoms. The summed E-state index contributed by atoms with van der Waals surface area (Å²) < 4.78 is 28.3. The molecule has 0 atom stereocenters. The van der Waals surface area contributed by atoms with Crippen LogP contribution in [0.15, 0.2) is 84.0 Å². The average Bonchev–Trinajstić information content (AvgIpc) is 2.70. The predicted molar refractivity (Wildman–Crippen MR) is 114 cm³/mol. The van der Waals surface area contributed by atoms with Crippen molar-refractivity contribution in [2.75, 3.05) is 10.5 Å². The number of amides is 1. The number of carbonyl (C=O) groups excluding carboxylic acids is 1. The summed E-state index contributed by atoms with van der Waals surface area (Å²) in [6.45, 7) is 2.38. The van der Waals surface area contributed by atoms with E-state index in [9.17, 15) is 13.2 Å². The number of aromatic nitrogens is 1. The lowest BCUT2D eigenvalue weighted by Gasteiger charge is -2.08. The molecule has 0 fully saturated rings. The minimum atomic E-state index is -3.42. The quantitative estimate of drug-likeness (QED) is 0.649. The summed E-state index contributed by atoms with van der Waals surface area (Å²) >= 11 is 0. The summed E-state index contributed by atoms with van der Waals surface area (Å²) in [5.41, 5.74) is 2.29. The van der Waals surface area contributed by atoms with E-state index in [1.165, 1.54) is 6.07 Å². The highest BCUT2D eigenvalue weighted by atomic mass is 32.2. The lowest BCUT2D eigenvalue weighted by Crippen LogP contribution is -2.22. The minimum Gasteiger partial charge on any atom is -0.328 e. The number of hydrogen-bond donors (Lipinski definition) is 1. The third-order valence-electron chi connectivity index (χ3n) is 4.18. The highest BCUT2D eigenvalue weighted by molar-refractivity contribution is 7.92. The van der Waals surface area contributed by atoms with Crippen molar-refractivity contribution >= 4 is 21.6 Å². The molecule has 7 heteroatoms. The molecule has 6 nitrogen and oxygen atoms in total. The molecule has 29 heavy (non-hydrogen) atoms. The topological polar surface area (TPSA) is 80.5 Å². The number of benzene rings is 2. The molecule has 0 aliphatic heterocycles. The van der Waals surface area contributed by atoms with Crippen LogP contribution in [0.25, 0.3) is 0 Å². The van der Waals surface area contributed by atoms with E-state index in [2.05, 4.69) is 9.71 Å². The molecule has 0 spiro atoms. The van der Waals surface area contributed by atoms with Gasteiger partial charge in [-0.15, -0.1) is 0 Å². The summed E-state index contributed by atoms with van der Waals surface area (Å²) in [4.78, 5) is 17.0. The molecule has 0 saturated carbocycles. The zero-order valence-corrected chi connectivity index (χ0v) is 17.0. The third kappa shape index (κ3) is 5.89. The van der Waals surface area contributed by atoms with Crippen LogP contribution in [0, 0.1) is 0 Å². The maximum Gasteiger partial charge on any atom is 0.279 e. The molecule has 1 N–H and O–H groups in total. The van der Waals surface area contributed by atoms with Gasteiger partial charge in [0.2, 0.25) is 10.0 Å². The third-order valence-corrected chi connectivity index (χ3v) is 5.68. The number of pyridine rings is 1. The summed E-state index contributed by atoms with van der Waals surface area (Å²) in [5.74, 6) is -0.409. The molecule has 0 unspecified atom stereocenters. The normalized spacial score (nSPS) is 12.0. The van der Waals surface area contributed by atoms with Crippen LogP contribution in [0.3, 0.4) is 0 Å². The summed E-state index contributed by atoms with van der Waals surface area (Å²) in [6, 6.07) is 21.8. The lowest BCUT2D eigenvalue weighted by molar-refractivity contribution is 0.0997. The average molecular weight is 410 g/mol. The second kappa shape index (κ2) is 9.34. The molecule has 150 valence electrons. The van der Waals surface area contributed by atoms with Crippen molar-refractivity contribution in [3.63, 3.8) is 0 Å². The molecule has 1 amide bonds. The zero-order chi connectivity index (χ0) is 20.7. The first-order valence-electron chi connectivity index (χ1n) is 9.36. The highest BCUT2D eigenvalue weighted by Crippen LogP contribution is 2.13. The Hall–Kier alpha value is -3.19. The summed E-state index contributed by atoms with van der Waals surface area (Å²) in [7, 11) is -3.42. The predicted octanol–water partition coefficient (Wildman–Crippen LogP) is 3.43. The Morgan fingerprint density at radius 3 is 2.52 bits per heavy atom. The molecule has 3 aromatic rings. The van der Waals surface area contributed by atoms with Gasteiger partial charge in [-0.3, -0.25) is 9.52 Å². The standard InChI is InChI=1S/C22H23N3O3S/c1-2-15-29(27,28)24-20-12-8-11-19(16-20)22(26)23-21-13-6-7-14-25(21)17-18-9-4-3-5-10-18/h3-14,16,24H,2,15,17H2,1H3. The van der Waals surface area contributed by atoms with Gasteiger partial charge in [-0.2, -0.15) is 4.99 Å². The van der Waals surface area contributed by atoms with Crippen LogP contribution in [0.4, 0.5) is 5.69 Å². The van der Waals surface area contributed by atoms with Crippen molar-refractivity contribution in [3.05, 3.63) is 95.6 Å². The van der Waals surface area contributed by atoms with Crippen molar-refractivity contribution in [1.82, 2.24) is 4.57 Å². The Morgan fingerprint density at radius 1 is 1.00 bits per heavy atom. The monoisotopic (exact) mass is 409 g/mol. The molecular weight excluding hydrogens is 386 g/mol. The van der Waals surface area contributed by atoms with Gasteiger partial charge in [-0.05, 0) is 42.3 Å². The molecule has 0 aliphatic rings. The summed E-state index contributed by atoms with van der Waals surface area (Å²) in [6.07, 6.45) is 2.38. The fourth-order valence-electron chi connectivity index (χ4n) is 2.87. The Bertz CT molecular complexity index is 1150. The number of carbonyl (C=O) groups is 1. The Labute approximate surface area is 170 Å². The van der Waals surface area contributed by atoms with E-state index >= 15 is 0 Å². The van der Waals surface area contributed by atoms with Gasteiger partial charge in [0, 0.05) is 24.0 Å². The molecule has 0 radical (unpaired) electrons. The smallest absolute Gasteiger partial charge is 0.279 e. The van der Waals surface area contributed by atoms with Crippen molar-refractivity contribution in [3.8, 4) is 0 Å². The van der Waals surface area contributed by atoms with Crippen LogP contribution < -0.4 is 10.2 Å². The maximum atomic E-state index is 12.7.